The van der Waals surface area contributed by atoms with E-state index in [4.69, 9.17) is 23.2 Å². The van der Waals surface area contributed by atoms with Crippen LogP contribution in [0.1, 0.15) is 42.3 Å². The third kappa shape index (κ3) is 5.68. The van der Waals surface area contributed by atoms with Crippen molar-refractivity contribution in [3.05, 3.63) is 65.7 Å². The Morgan fingerprint density at radius 3 is 2.60 bits per heavy atom. The Kier molecular flexibility index (Phi) is 7.45. The fourth-order valence-corrected chi connectivity index (χ4v) is 3.36. The molecule has 0 radical (unpaired) electrons. The lowest BCUT2D eigenvalue weighted by atomic mass is 10.1. The molecule has 2 heterocycles. The molecular formula is C26H27N3O6. The van der Waals surface area contributed by atoms with Gasteiger partial charge < -0.3 is 23.2 Å². The van der Waals surface area contributed by atoms with Crippen LogP contribution in [-0.2, 0) is 11.3 Å². The van der Waals surface area contributed by atoms with Crippen molar-refractivity contribution < 1.29 is 27.9 Å². The van der Waals surface area contributed by atoms with Crippen LogP contribution in [0.15, 0.2) is 57.5 Å². The molecule has 0 N–H and O–H groups in total. The predicted octanol–water partition coefficient (Wildman–Crippen LogP) is 5.49. The second kappa shape index (κ2) is 10.9. The van der Waals surface area contributed by atoms with Crippen LogP contribution in [0.2, 0.25) is 0 Å². The van der Waals surface area contributed by atoms with Gasteiger partial charge in [-0.25, -0.2) is 4.79 Å². The number of hydrogen-bond acceptors (Lipinski definition) is 9. The Morgan fingerprint density at radius 1 is 1.06 bits per heavy atom. The monoisotopic (exact) mass is 477 g/mol. The summed E-state index contributed by atoms with van der Waals surface area (Å²) in [4.78, 5) is 12.6. The molecule has 35 heavy (non-hydrogen) atoms. The Bertz CT molecular complexity index is 1280. The Morgan fingerprint density at radius 2 is 1.86 bits per heavy atom. The standard InChI is InChI=1S/C26H27N3O6/c1-16(2)12-13-32-20-11-10-19(14-21(20)31-4)26(30)33-15-22-27-28-25(34-22)23-17(3)35-29-24(23)18-8-6-5-7-9-18/h5-11,14,16H,12-13,15H2,1-4H3. The summed E-state index contributed by atoms with van der Waals surface area (Å²) in [5.74, 6) is 1.93. The molecule has 4 aromatic rings. The van der Waals surface area contributed by atoms with E-state index in [1.54, 1.807) is 25.1 Å². The topological polar surface area (TPSA) is 110 Å². The van der Waals surface area contributed by atoms with Crippen LogP contribution in [0, 0.1) is 12.8 Å². The normalized spacial score (nSPS) is 11.0. The lowest BCUT2D eigenvalue weighted by Crippen LogP contribution is -2.07. The molecule has 0 unspecified atom stereocenters. The van der Waals surface area contributed by atoms with Crippen molar-refractivity contribution >= 4 is 5.97 Å². The molecule has 0 amide bonds. The first-order valence-electron chi connectivity index (χ1n) is 11.3. The number of aromatic nitrogens is 3. The van der Waals surface area contributed by atoms with E-state index in [1.807, 2.05) is 30.3 Å². The molecule has 0 saturated carbocycles. The van der Waals surface area contributed by atoms with Gasteiger partial charge in [-0.3, -0.25) is 0 Å². The summed E-state index contributed by atoms with van der Waals surface area (Å²) < 4.78 is 27.6. The number of ether oxygens (including phenoxy) is 3. The first-order chi connectivity index (χ1) is 17.0. The summed E-state index contributed by atoms with van der Waals surface area (Å²) in [6.07, 6.45) is 0.917. The van der Waals surface area contributed by atoms with Gasteiger partial charge in [-0.15, -0.1) is 10.2 Å². The molecule has 2 aromatic carbocycles. The summed E-state index contributed by atoms with van der Waals surface area (Å²) in [6, 6.07) is 14.4. The summed E-state index contributed by atoms with van der Waals surface area (Å²) in [6.45, 7) is 6.39. The maximum absolute atomic E-state index is 12.6. The summed E-state index contributed by atoms with van der Waals surface area (Å²) in [7, 11) is 1.52. The molecule has 182 valence electrons. The minimum absolute atomic E-state index is 0.147. The van der Waals surface area contributed by atoms with E-state index in [1.165, 1.54) is 7.11 Å². The second-order valence-corrected chi connectivity index (χ2v) is 8.30. The summed E-state index contributed by atoms with van der Waals surface area (Å²) in [5.41, 5.74) is 2.37. The fraction of sp³-hybridized carbons (Fsp3) is 0.308. The largest absolute Gasteiger partial charge is 0.493 e. The van der Waals surface area contributed by atoms with Crippen LogP contribution in [0.5, 0.6) is 11.5 Å². The van der Waals surface area contributed by atoms with Crippen LogP contribution in [0.4, 0.5) is 0 Å². The minimum atomic E-state index is -0.553. The SMILES string of the molecule is COc1cc(C(=O)OCc2nnc(-c3c(-c4ccccc4)noc3C)o2)ccc1OCCC(C)C. The minimum Gasteiger partial charge on any atom is -0.493 e. The molecule has 0 fully saturated rings. The van der Waals surface area contributed by atoms with E-state index >= 15 is 0 Å². The lowest BCUT2D eigenvalue weighted by molar-refractivity contribution is 0.0438. The molecule has 2 aromatic heterocycles. The lowest BCUT2D eigenvalue weighted by Gasteiger charge is -2.12. The van der Waals surface area contributed by atoms with Gasteiger partial charge in [-0.05, 0) is 37.5 Å². The van der Waals surface area contributed by atoms with Gasteiger partial charge in [0, 0.05) is 5.56 Å². The van der Waals surface area contributed by atoms with Crippen LogP contribution < -0.4 is 9.47 Å². The number of rotatable bonds is 10. The van der Waals surface area contributed by atoms with E-state index in [2.05, 4.69) is 29.2 Å². The maximum atomic E-state index is 12.6. The zero-order chi connectivity index (χ0) is 24.8. The second-order valence-electron chi connectivity index (χ2n) is 8.30. The highest BCUT2D eigenvalue weighted by Gasteiger charge is 2.22. The smallest absolute Gasteiger partial charge is 0.338 e. The molecule has 0 aliphatic carbocycles. The van der Waals surface area contributed by atoms with Crippen molar-refractivity contribution in [3.8, 4) is 34.2 Å². The third-order valence-corrected chi connectivity index (χ3v) is 5.27. The number of hydrogen-bond donors (Lipinski definition) is 0. The van der Waals surface area contributed by atoms with E-state index in [0.29, 0.717) is 46.6 Å². The zero-order valence-corrected chi connectivity index (χ0v) is 20.1. The van der Waals surface area contributed by atoms with Crippen LogP contribution >= 0.6 is 0 Å². The molecule has 9 nitrogen and oxygen atoms in total. The molecule has 4 rings (SSSR count). The van der Waals surface area contributed by atoms with Gasteiger partial charge in [0.1, 0.15) is 17.0 Å². The number of carbonyl (C=O) groups excluding carboxylic acids is 1. The van der Waals surface area contributed by atoms with Gasteiger partial charge in [0.2, 0.25) is 0 Å². The number of carbonyl (C=O) groups is 1. The van der Waals surface area contributed by atoms with Gasteiger partial charge in [0.25, 0.3) is 11.8 Å². The van der Waals surface area contributed by atoms with E-state index in [-0.39, 0.29) is 18.4 Å². The number of aryl methyl sites for hydroxylation is 1. The predicted molar refractivity (Wildman–Crippen MR) is 127 cm³/mol. The first-order valence-corrected chi connectivity index (χ1v) is 11.3. The molecule has 0 aliphatic rings. The van der Waals surface area contributed by atoms with Gasteiger partial charge in [0.15, 0.2) is 18.1 Å². The average molecular weight is 478 g/mol. The van der Waals surface area contributed by atoms with Crippen LogP contribution in [0.25, 0.3) is 22.7 Å². The van der Waals surface area contributed by atoms with Gasteiger partial charge in [0.05, 0.1) is 19.3 Å². The maximum Gasteiger partial charge on any atom is 0.338 e. The van der Waals surface area contributed by atoms with Gasteiger partial charge in [-0.2, -0.15) is 0 Å². The Balaban J connectivity index is 1.43. The highest BCUT2D eigenvalue weighted by Crippen LogP contribution is 2.33. The Labute approximate surface area is 203 Å². The summed E-state index contributed by atoms with van der Waals surface area (Å²) in [5, 5.41) is 12.2. The molecule has 0 atom stereocenters. The zero-order valence-electron chi connectivity index (χ0n) is 20.1. The molecule has 0 bridgehead atoms. The van der Waals surface area contributed by atoms with E-state index in [9.17, 15) is 4.79 Å². The van der Waals surface area contributed by atoms with Gasteiger partial charge >= 0.3 is 5.97 Å². The fourth-order valence-electron chi connectivity index (χ4n) is 3.36. The summed E-state index contributed by atoms with van der Waals surface area (Å²) >= 11 is 0. The number of esters is 1. The van der Waals surface area contributed by atoms with Gasteiger partial charge in [-0.1, -0.05) is 49.3 Å². The Hall–Kier alpha value is -4.14. The highest BCUT2D eigenvalue weighted by atomic mass is 16.5. The van der Waals surface area contributed by atoms with Crippen molar-refractivity contribution in [2.24, 2.45) is 5.92 Å². The van der Waals surface area contributed by atoms with Crippen LogP contribution in [-0.4, -0.2) is 35.0 Å². The third-order valence-electron chi connectivity index (χ3n) is 5.27. The highest BCUT2D eigenvalue weighted by molar-refractivity contribution is 5.90. The van der Waals surface area contributed by atoms with Crippen molar-refractivity contribution in [2.45, 2.75) is 33.8 Å². The van der Waals surface area contributed by atoms with Crippen LogP contribution in [0.3, 0.4) is 0 Å². The molecule has 0 spiro atoms. The molecule has 0 aliphatic heterocycles. The molecular weight excluding hydrogens is 450 g/mol. The first kappa shape index (κ1) is 24.0. The average Bonchev–Trinajstić information content (AvgIpc) is 3.49. The molecule has 9 heteroatoms. The van der Waals surface area contributed by atoms with Crippen molar-refractivity contribution in [1.29, 1.82) is 0 Å². The number of benzene rings is 2. The number of nitrogens with zero attached hydrogens (tertiary/aromatic N) is 3. The quantitative estimate of drug-likeness (QED) is 0.274. The number of methoxy groups -OCH3 is 1. The van der Waals surface area contributed by atoms with E-state index in [0.717, 1.165) is 12.0 Å². The van der Waals surface area contributed by atoms with Crippen molar-refractivity contribution in [2.75, 3.05) is 13.7 Å². The van der Waals surface area contributed by atoms with E-state index < -0.39 is 5.97 Å². The molecule has 0 saturated heterocycles. The van der Waals surface area contributed by atoms with Crippen molar-refractivity contribution in [3.63, 3.8) is 0 Å². The van der Waals surface area contributed by atoms with Crippen molar-refractivity contribution in [1.82, 2.24) is 15.4 Å².